The number of piperazine rings is 1. The second-order valence-corrected chi connectivity index (χ2v) is 9.89. The third kappa shape index (κ3) is 4.67. The zero-order valence-electron chi connectivity index (χ0n) is 16.2. The molecule has 1 saturated heterocycles. The fraction of sp³-hybridized carbons (Fsp3) is 0.500. The smallest absolute Gasteiger partial charge is 0.239 e. The topological polar surface area (TPSA) is 88.0 Å². The highest BCUT2D eigenvalue weighted by Gasteiger charge is 2.31. The van der Waals surface area contributed by atoms with E-state index in [1.54, 1.807) is 17.5 Å². The number of carbonyl (C=O) groups is 1. The van der Waals surface area contributed by atoms with Crippen LogP contribution < -0.4 is 11.5 Å². The van der Waals surface area contributed by atoms with Gasteiger partial charge in [-0.15, -0.1) is 11.3 Å². The number of rotatable bonds is 5. The van der Waals surface area contributed by atoms with E-state index >= 15 is 0 Å². The molecule has 3 rings (SSSR count). The van der Waals surface area contributed by atoms with E-state index in [1.165, 1.54) is 0 Å². The SMILES string of the molecule is C=CN=C(C1=C(N)CCC1C)N1CCN(C(=O)[C@H](N)Cc2ccc(Br)s2)CC1. The van der Waals surface area contributed by atoms with Crippen LogP contribution in [-0.2, 0) is 11.2 Å². The van der Waals surface area contributed by atoms with Crippen molar-refractivity contribution in [3.8, 4) is 0 Å². The van der Waals surface area contributed by atoms with Gasteiger partial charge < -0.3 is 21.3 Å². The predicted octanol–water partition coefficient (Wildman–Crippen LogP) is 2.71. The Morgan fingerprint density at radius 2 is 2.07 bits per heavy atom. The third-order valence-electron chi connectivity index (χ3n) is 5.40. The summed E-state index contributed by atoms with van der Waals surface area (Å²) in [7, 11) is 0. The standard InChI is InChI=1S/C20H28BrN5OS/c1-3-24-19(18-13(2)4-6-15(18)22)25-8-10-26(11-9-25)20(27)16(23)12-14-5-7-17(21)28-14/h3,5,7,13,16H,1,4,6,8-12,22-23H2,2H3/t13?,16-/m1/s1. The number of aliphatic imine (C=N–C) groups is 1. The lowest BCUT2D eigenvalue weighted by atomic mass is 10.0. The normalized spacial score (nSPS) is 22.0. The molecule has 152 valence electrons. The summed E-state index contributed by atoms with van der Waals surface area (Å²) >= 11 is 5.07. The quantitative estimate of drug-likeness (QED) is 0.516. The summed E-state index contributed by atoms with van der Waals surface area (Å²) in [6.07, 6.45) is 4.12. The van der Waals surface area contributed by atoms with Crippen molar-refractivity contribution in [1.82, 2.24) is 9.80 Å². The molecule has 2 heterocycles. The summed E-state index contributed by atoms with van der Waals surface area (Å²) in [6.45, 7) is 8.67. The van der Waals surface area contributed by atoms with Gasteiger partial charge in [0.05, 0.1) is 9.83 Å². The van der Waals surface area contributed by atoms with Gasteiger partial charge in [0.15, 0.2) is 0 Å². The van der Waals surface area contributed by atoms with Gasteiger partial charge in [0.25, 0.3) is 0 Å². The summed E-state index contributed by atoms with van der Waals surface area (Å²) < 4.78 is 1.06. The average molecular weight is 466 g/mol. The fourth-order valence-corrected chi connectivity index (χ4v) is 5.42. The number of halogens is 1. The van der Waals surface area contributed by atoms with Gasteiger partial charge in [0.1, 0.15) is 5.84 Å². The number of hydrogen-bond donors (Lipinski definition) is 2. The van der Waals surface area contributed by atoms with Crippen LogP contribution in [-0.4, -0.2) is 53.8 Å². The van der Waals surface area contributed by atoms with Crippen molar-refractivity contribution in [3.63, 3.8) is 0 Å². The molecule has 2 aliphatic rings. The van der Waals surface area contributed by atoms with E-state index in [2.05, 4.69) is 39.3 Å². The molecule has 1 fully saturated rings. The van der Waals surface area contributed by atoms with Crippen LogP contribution in [0.5, 0.6) is 0 Å². The molecule has 6 nitrogen and oxygen atoms in total. The molecule has 4 N–H and O–H groups in total. The number of amides is 1. The summed E-state index contributed by atoms with van der Waals surface area (Å²) in [5.41, 5.74) is 14.5. The Hall–Kier alpha value is -1.64. The van der Waals surface area contributed by atoms with E-state index in [9.17, 15) is 4.79 Å². The molecular weight excluding hydrogens is 438 g/mol. The molecular formula is C20H28BrN5OS. The van der Waals surface area contributed by atoms with Gasteiger partial charge >= 0.3 is 0 Å². The van der Waals surface area contributed by atoms with Crippen molar-refractivity contribution in [2.24, 2.45) is 22.4 Å². The third-order valence-corrected chi connectivity index (χ3v) is 7.04. The molecule has 1 unspecified atom stereocenters. The van der Waals surface area contributed by atoms with Crippen LogP contribution in [0.4, 0.5) is 0 Å². The highest BCUT2D eigenvalue weighted by molar-refractivity contribution is 9.11. The number of nitrogens with zero attached hydrogens (tertiary/aromatic N) is 3. The van der Waals surface area contributed by atoms with Gasteiger partial charge in [-0.05, 0) is 46.8 Å². The lowest BCUT2D eigenvalue weighted by Crippen LogP contribution is -2.55. The molecule has 0 spiro atoms. The molecule has 1 aromatic heterocycles. The first-order valence-electron chi connectivity index (χ1n) is 9.61. The predicted molar refractivity (Wildman–Crippen MR) is 119 cm³/mol. The van der Waals surface area contributed by atoms with Crippen LogP contribution in [0, 0.1) is 5.92 Å². The fourth-order valence-electron chi connectivity index (χ4n) is 3.88. The van der Waals surface area contributed by atoms with Crippen LogP contribution >= 0.6 is 27.3 Å². The Bertz CT molecular complexity index is 794. The van der Waals surface area contributed by atoms with E-state index in [-0.39, 0.29) is 5.91 Å². The van der Waals surface area contributed by atoms with E-state index in [1.807, 2.05) is 17.0 Å². The number of thiophene rings is 1. The lowest BCUT2D eigenvalue weighted by Gasteiger charge is -2.38. The van der Waals surface area contributed by atoms with Gasteiger partial charge in [-0.25, -0.2) is 4.99 Å². The Morgan fingerprint density at radius 1 is 1.39 bits per heavy atom. The number of allylic oxidation sites excluding steroid dienone is 1. The molecule has 0 saturated carbocycles. The summed E-state index contributed by atoms with van der Waals surface area (Å²) in [4.78, 5) is 22.5. The molecule has 28 heavy (non-hydrogen) atoms. The van der Waals surface area contributed by atoms with Gasteiger partial charge in [-0.1, -0.05) is 13.5 Å². The van der Waals surface area contributed by atoms with Crippen LogP contribution in [0.25, 0.3) is 0 Å². The number of carbonyl (C=O) groups excluding carboxylic acids is 1. The average Bonchev–Trinajstić information content (AvgIpc) is 3.24. The molecule has 1 aliphatic heterocycles. The summed E-state index contributed by atoms with van der Waals surface area (Å²) in [5.74, 6) is 1.33. The van der Waals surface area contributed by atoms with Gasteiger partial charge in [-0.2, -0.15) is 0 Å². The second-order valence-electron chi connectivity index (χ2n) is 7.34. The Balaban J connectivity index is 1.61. The lowest BCUT2D eigenvalue weighted by molar-refractivity contribution is -0.133. The Kier molecular flexibility index (Phi) is 6.95. The molecule has 0 radical (unpaired) electrons. The second kappa shape index (κ2) is 9.24. The molecule has 0 bridgehead atoms. The first kappa shape index (κ1) is 21.1. The maximum absolute atomic E-state index is 12.8. The van der Waals surface area contributed by atoms with Gasteiger partial charge in [0, 0.05) is 54.9 Å². The molecule has 1 amide bonds. The summed E-state index contributed by atoms with van der Waals surface area (Å²) in [5, 5.41) is 0. The first-order chi connectivity index (χ1) is 13.4. The highest BCUT2D eigenvalue weighted by Crippen LogP contribution is 2.31. The van der Waals surface area contributed by atoms with E-state index < -0.39 is 6.04 Å². The van der Waals surface area contributed by atoms with Crippen molar-refractivity contribution >= 4 is 39.0 Å². The van der Waals surface area contributed by atoms with Crippen molar-refractivity contribution in [2.45, 2.75) is 32.2 Å². The Morgan fingerprint density at radius 3 is 2.61 bits per heavy atom. The Labute approximate surface area is 179 Å². The van der Waals surface area contributed by atoms with Crippen molar-refractivity contribution in [2.75, 3.05) is 26.2 Å². The molecule has 2 atom stereocenters. The van der Waals surface area contributed by atoms with Crippen molar-refractivity contribution in [1.29, 1.82) is 0 Å². The van der Waals surface area contributed by atoms with Crippen molar-refractivity contribution in [3.05, 3.63) is 44.8 Å². The minimum absolute atomic E-state index is 0.0133. The first-order valence-corrected chi connectivity index (χ1v) is 11.2. The zero-order chi connectivity index (χ0) is 20.3. The molecule has 0 aromatic carbocycles. The highest BCUT2D eigenvalue weighted by atomic mass is 79.9. The van der Waals surface area contributed by atoms with E-state index in [4.69, 9.17) is 11.5 Å². The van der Waals surface area contributed by atoms with Crippen molar-refractivity contribution < 1.29 is 4.79 Å². The zero-order valence-corrected chi connectivity index (χ0v) is 18.6. The van der Waals surface area contributed by atoms with Crippen LogP contribution in [0.15, 0.2) is 45.0 Å². The molecule has 1 aromatic rings. The van der Waals surface area contributed by atoms with E-state index in [0.29, 0.717) is 25.4 Å². The number of hydrogen-bond acceptors (Lipinski definition) is 5. The number of nitrogens with two attached hydrogens (primary N) is 2. The van der Waals surface area contributed by atoms with Crippen LogP contribution in [0.1, 0.15) is 24.6 Å². The van der Waals surface area contributed by atoms with Crippen LogP contribution in [0.3, 0.4) is 0 Å². The minimum atomic E-state index is -0.508. The summed E-state index contributed by atoms with van der Waals surface area (Å²) in [6, 6.07) is 3.49. The maximum atomic E-state index is 12.8. The van der Waals surface area contributed by atoms with E-state index in [0.717, 1.165) is 51.7 Å². The maximum Gasteiger partial charge on any atom is 0.239 e. The number of amidine groups is 1. The van der Waals surface area contributed by atoms with Crippen LogP contribution in [0.2, 0.25) is 0 Å². The van der Waals surface area contributed by atoms with Gasteiger partial charge in [-0.3, -0.25) is 4.79 Å². The molecule has 1 aliphatic carbocycles. The van der Waals surface area contributed by atoms with Gasteiger partial charge in [0.2, 0.25) is 5.91 Å². The largest absolute Gasteiger partial charge is 0.402 e. The molecule has 8 heteroatoms. The monoisotopic (exact) mass is 465 g/mol. The minimum Gasteiger partial charge on any atom is -0.402 e.